The van der Waals surface area contributed by atoms with Crippen molar-refractivity contribution in [1.29, 1.82) is 0 Å². The molecule has 4 aliphatic carbocycles. The van der Waals surface area contributed by atoms with Crippen LogP contribution in [-0.4, -0.2) is 130 Å². The third-order valence-corrected chi connectivity index (χ3v) is 21.2. The number of nitrogens with one attached hydrogen (secondary N) is 5. The van der Waals surface area contributed by atoms with Crippen molar-refractivity contribution in [2.24, 2.45) is 0 Å². The summed E-state index contributed by atoms with van der Waals surface area (Å²) in [6.45, 7) is 0. The van der Waals surface area contributed by atoms with E-state index in [1.54, 1.807) is 53.2 Å². The molecule has 4 fully saturated rings. The smallest absolute Gasteiger partial charge is 0.142 e. The number of ether oxygens (including phenoxy) is 4. The van der Waals surface area contributed by atoms with Crippen LogP contribution in [0.1, 0.15) is 103 Å². The van der Waals surface area contributed by atoms with E-state index in [9.17, 15) is 0 Å². The molecule has 24 nitrogen and oxygen atoms in total. The van der Waals surface area contributed by atoms with Gasteiger partial charge in [-0.05, 0) is 124 Å². The molecule has 0 saturated heterocycles. The fourth-order valence-electron chi connectivity index (χ4n) is 15.3. The summed E-state index contributed by atoms with van der Waals surface area (Å²) in [6, 6.07) is 42.0. The van der Waals surface area contributed by atoms with Crippen molar-refractivity contribution in [3.8, 4) is 102 Å². The summed E-state index contributed by atoms with van der Waals surface area (Å²) in [5, 5.41) is 21.7. The Bertz CT molecular complexity index is 5430. The summed E-state index contributed by atoms with van der Waals surface area (Å²) in [5.74, 6) is 6.61. The zero-order valence-electron chi connectivity index (χ0n) is 62.0. The molecule has 25 heteroatoms. The highest BCUT2D eigenvalue weighted by Gasteiger charge is 2.23. The van der Waals surface area contributed by atoms with Crippen molar-refractivity contribution >= 4 is 57.5 Å². The number of imidazole rings is 4. The zero-order chi connectivity index (χ0) is 74.7. The molecule has 0 amide bonds. The quantitative estimate of drug-likeness (QED) is 0.0504. The van der Waals surface area contributed by atoms with Gasteiger partial charge < -0.3 is 40.2 Å². The second-order valence-corrected chi connectivity index (χ2v) is 28.4. The lowest BCUT2D eigenvalue weighted by molar-refractivity contribution is 0.415. The Balaban J connectivity index is 0.000000112. The lowest BCUT2D eigenvalue weighted by Crippen LogP contribution is -2.15. The van der Waals surface area contributed by atoms with E-state index in [0.717, 1.165) is 142 Å². The molecular formula is C85H87ClN20O4. The SMILES string of the molecule is COc1cc2ncc(-c3cccc(NC4CCCC4)n3)n2cc1-c1cccnc1.COc1cc2ncc(-c3cccc(NC4CCCC4)n3)n2cc1-c1ccncc1.COc1cc2ncc(-c3cccc(NC4CCCC4)n3)n2cc1-c1cn[nH]c1.COc1cc2ncc(-c3cccc(NC4CCCC4)n3)n2cc1Cl. The van der Waals surface area contributed by atoms with Crippen molar-refractivity contribution in [3.63, 3.8) is 0 Å². The van der Waals surface area contributed by atoms with Crippen molar-refractivity contribution in [1.82, 2.24) is 77.6 Å². The van der Waals surface area contributed by atoms with E-state index in [2.05, 4.69) is 76.4 Å². The molecular weight excluding hydrogens is 1400 g/mol. The first-order valence-corrected chi connectivity index (χ1v) is 38.2. The predicted molar refractivity (Wildman–Crippen MR) is 432 cm³/mol. The average molecular weight is 1490 g/mol. The lowest BCUT2D eigenvalue weighted by atomic mass is 10.1. The van der Waals surface area contributed by atoms with Gasteiger partial charge in [0, 0.05) is 132 Å². The fraction of sp³-hybridized carbons (Fsp3) is 0.282. The number of H-pyrrole nitrogens is 1. The molecule has 5 N–H and O–H groups in total. The van der Waals surface area contributed by atoms with Crippen LogP contribution in [0.5, 0.6) is 23.0 Å². The minimum Gasteiger partial charge on any atom is -0.496 e. The maximum Gasteiger partial charge on any atom is 0.142 e. The van der Waals surface area contributed by atoms with E-state index >= 15 is 0 Å². The molecule has 0 spiro atoms. The van der Waals surface area contributed by atoms with Crippen molar-refractivity contribution in [3.05, 3.63) is 213 Å². The third kappa shape index (κ3) is 16.1. The van der Waals surface area contributed by atoms with Gasteiger partial charge in [0.05, 0.1) is 110 Å². The summed E-state index contributed by atoms with van der Waals surface area (Å²) in [6.07, 6.45) is 46.3. The number of hydrogen-bond donors (Lipinski definition) is 5. The molecule has 0 radical (unpaired) electrons. The summed E-state index contributed by atoms with van der Waals surface area (Å²) in [7, 11) is 6.62. The minimum absolute atomic E-state index is 0.529. The van der Waals surface area contributed by atoms with Crippen LogP contribution < -0.4 is 40.2 Å². The number of methoxy groups -OCH3 is 4. The molecule has 4 aliphatic rings. The lowest BCUT2D eigenvalue weighted by Gasteiger charge is -2.14. The van der Waals surface area contributed by atoms with Crippen molar-refractivity contribution < 1.29 is 18.9 Å². The maximum absolute atomic E-state index is 6.26. The number of fused-ring (bicyclic) bond motifs is 4. The maximum atomic E-state index is 6.26. The number of anilines is 4. The molecule has 15 aromatic rings. The molecule has 558 valence electrons. The number of nitrogens with zero attached hydrogens (tertiary/aromatic N) is 15. The van der Waals surface area contributed by atoms with Crippen LogP contribution in [-0.2, 0) is 0 Å². The normalized spacial score (nSPS) is 14.6. The van der Waals surface area contributed by atoms with Gasteiger partial charge >= 0.3 is 0 Å². The first-order chi connectivity index (χ1) is 54.2. The Labute approximate surface area is 642 Å². The first kappa shape index (κ1) is 71.8. The second kappa shape index (κ2) is 33.4. The van der Waals surface area contributed by atoms with Crippen molar-refractivity contribution in [2.75, 3.05) is 49.7 Å². The largest absolute Gasteiger partial charge is 0.496 e. The van der Waals surface area contributed by atoms with Gasteiger partial charge in [-0.1, -0.05) is 93.3 Å². The highest BCUT2D eigenvalue weighted by Crippen LogP contribution is 2.38. The molecule has 0 aliphatic heterocycles. The molecule has 0 aromatic carbocycles. The Morgan fingerprint density at radius 3 is 1.04 bits per heavy atom. The fourth-order valence-corrected chi connectivity index (χ4v) is 15.5. The summed E-state index contributed by atoms with van der Waals surface area (Å²) in [4.78, 5) is 45.8. The summed E-state index contributed by atoms with van der Waals surface area (Å²) < 4.78 is 30.2. The van der Waals surface area contributed by atoms with E-state index in [0.29, 0.717) is 34.9 Å². The van der Waals surface area contributed by atoms with Crippen LogP contribution >= 0.6 is 11.6 Å². The molecule has 4 saturated carbocycles. The van der Waals surface area contributed by atoms with Crippen LogP contribution in [0.15, 0.2) is 208 Å². The van der Waals surface area contributed by atoms with Crippen molar-refractivity contribution in [2.45, 2.75) is 127 Å². The Kier molecular flexibility index (Phi) is 21.8. The first-order valence-electron chi connectivity index (χ1n) is 37.8. The van der Waals surface area contributed by atoms with E-state index in [1.165, 1.54) is 103 Å². The van der Waals surface area contributed by atoms with E-state index in [1.807, 2.05) is 186 Å². The molecule has 0 atom stereocenters. The zero-order valence-corrected chi connectivity index (χ0v) is 62.7. The van der Waals surface area contributed by atoms with Gasteiger partial charge in [0.15, 0.2) is 0 Å². The summed E-state index contributed by atoms with van der Waals surface area (Å²) >= 11 is 6.26. The van der Waals surface area contributed by atoms with Gasteiger partial charge in [-0.25, -0.2) is 39.9 Å². The van der Waals surface area contributed by atoms with Crippen LogP contribution in [0.3, 0.4) is 0 Å². The predicted octanol–water partition coefficient (Wildman–Crippen LogP) is 18.2. The van der Waals surface area contributed by atoms with Gasteiger partial charge in [0.2, 0.25) is 0 Å². The molecule has 15 heterocycles. The number of rotatable bonds is 19. The van der Waals surface area contributed by atoms with Crippen LogP contribution in [0, 0.1) is 0 Å². The molecule has 0 unspecified atom stereocenters. The van der Waals surface area contributed by atoms with Crippen LogP contribution in [0.2, 0.25) is 5.02 Å². The number of pyridine rings is 10. The molecule has 110 heavy (non-hydrogen) atoms. The van der Waals surface area contributed by atoms with Crippen LogP contribution in [0.25, 0.3) is 102 Å². The Morgan fingerprint density at radius 2 is 0.700 bits per heavy atom. The van der Waals surface area contributed by atoms with Gasteiger partial charge in [-0.15, -0.1) is 0 Å². The van der Waals surface area contributed by atoms with Gasteiger partial charge in [-0.3, -0.25) is 32.7 Å². The Hall–Kier alpha value is -12.4. The van der Waals surface area contributed by atoms with Gasteiger partial charge in [0.25, 0.3) is 0 Å². The standard InChI is InChI=1S/2C23H23N5O.C21H22N6O.C18H19ClN4O/c1-29-21-12-23-25-14-20(28(23)15-18(21)16-6-5-11-24-13-16)19-9-4-10-22(27-19)26-17-7-2-3-8-17;1-29-21-13-23-25-14-20(28(23)15-18(21)16-9-11-24-12-10-16)19-7-4-8-22(27-19)26-17-5-2-3-6-17;1-28-19-9-21-22-12-18(27(21)13-16(19)14-10-23-24-11-14)17-7-4-8-20(26-17)25-15-5-2-3-6-15;1-24-16-9-18-20-10-15(23(18)11-13(16)19)14-7-4-8-17(22-14)21-12-5-2-3-6-12/h4-6,9-15,17H,2-3,7-8H2,1H3,(H,26,27);4,7-15,17H,2-3,5-6H2,1H3,(H,26,27);4,7-13,15H,2-3,5-6H2,1H3,(H,23,24)(H,25,26);4,7-12H,2-3,5-6H2,1H3,(H,21,22). The number of aromatic nitrogens is 16. The molecule has 19 rings (SSSR count). The Morgan fingerprint density at radius 1 is 0.355 bits per heavy atom. The van der Waals surface area contributed by atoms with E-state index < -0.39 is 0 Å². The highest BCUT2D eigenvalue weighted by molar-refractivity contribution is 6.32. The molecule has 15 aromatic heterocycles. The molecule has 0 bridgehead atoms. The second-order valence-electron chi connectivity index (χ2n) is 28.0. The topological polar surface area (TPSA) is 260 Å². The average Bonchev–Trinajstić information content (AvgIpc) is 1.62. The van der Waals surface area contributed by atoms with Gasteiger partial charge in [0.1, 0.15) is 68.9 Å². The third-order valence-electron chi connectivity index (χ3n) is 20.9. The monoisotopic (exact) mass is 1490 g/mol. The number of halogens is 1. The van der Waals surface area contributed by atoms with E-state index in [4.69, 9.17) is 50.5 Å². The van der Waals surface area contributed by atoms with E-state index in [-0.39, 0.29) is 0 Å². The number of aromatic amines is 1. The van der Waals surface area contributed by atoms with Gasteiger partial charge in [-0.2, -0.15) is 5.10 Å². The van der Waals surface area contributed by atoms with Crippen LogP contribution in [0.4, 0.5) is 23.3 Å². The minimum atomic E-state index is 0.529. The number of hydrogen-bond acceptors (Lipinski definition) is 19. The summed E-state index contributed by atoms with van der Waals surface area (Å²) in [5.41, 5.74) is 16.4. The highest BCUT2D eigenvalue weighted by atomic mass is 35.5.